The number of hydrogen-bond acceptors (Lipinski definition) is 10. The third kappa shape index (κ3) is 4.84. The average Bonchev–Trinajstić information content (AvgIpc) is 3.81. The van der Waals surface area contributed by atoms with Crippen molar-refractivity contribution in [2.45, 2.75) is 44.2 Å². The number of hydrogen-bond donors (Lipinski definition) is 1. The SMILES string of the molecule is C[C@H]1CN2CCC[C@@]2(COc2nc3c4c(c(Cl)c(-c5ccc(F)c6sc(N)c(C#N)c56)c(F)c4n2)OCC2COCC2N3CC(F)F)C1. The van der Waals surface area contributed by atoms with E-state index in [1.807, 2.05) is 6.07 Å². The third-order valence-electron chi connectivity index (χ3n) is 10.2. The quantitative estimate of drug-likeness (QED) is 0.222. The second kappa shape index (κ2) is 11.8. The van der Waals surface area contributed by atoms with Gasteiger partial charge in [0.05, 0.1) is 58.6 Å². The van der Waals surface area contributed by atoms with Gasteiger partial charge in [0.25, 0.3) is 6.43 Å². The van der Waals surface area contributed by atoms with Crippen LogP contribution in [-0.4, -0.2) is 78.9 Å². The highest BCUT2D eigenvalue weighted by atomic mass is 35.5. The third-order valence-corrected chi connectivity index (χ3v) is 11.6. The van der Waals surface area contributed by atoms with E-state index in [0.717, 1.165) is 49.8 Å². The maximum absolute atomic E-state index is 17.2. The predicted octanol–water partition coefficient (Wildman–Crippen LogP) is 6.63. The standard InChI is InChI=1S/C33H31ClF4N6O3S/c1-15-7-33(5-2-6-43(33)9-15)14-47-32-41-27-24-28(46-12-16-11-45-13-20(16)44(10-21(36)37)31(24)42-32)25(34)23(26(27)38)17-3-4-19(35)29-22(17)18(8-39)30(40)48-29/h3-4,15-16,20-21H,2,5-7,9-14,40H2,1H3/t15-,16?,20?,33+/m1/s1. The predicted molar refractivity (Wildman–Crippen MR) is 174 cm³/mol. The molecule has 2 N–H and O–H groups in total. The highest BCUT2D eigenvalue weighted by Crippen LogP contribution is 2.51. The molecule has 9 nitrogen and oxygen atoms in total. The van der Waals surface area contributed by atoms with Crippen LogP contribution in [0.5, 0.6) is 11.8 Å². The molecule has 2 aromatic carbocycles. The van der Waals surface area contributed by atoms with Crippen molar-refractivity contribution in [3.63, 3.8) is 0 Å². The number of nitrogen functional groups attached to an aromatic ring is 1. The molecule has 0 amide bonds. The molecule has 2 aromatic heterocycles. The second-order valence-electron chi connectivity index (χ2n) is 13.2. The van der Waals surface area contributed by atoms with Gasteiger partial charge in [-0.3, -0.25) is 4.90 Å². The maximum atomic E-state index is 17.2. The van der Waals surface area contributed by atoms with Gasteiger partial charge in [-0.2, -0.15) is 15.2 Å². The Morgan fingerprint density at radius 2 is 2.06 bits per heavy atom. The highest BCUT2D eigenvalue weighted by molar-refractivity contribution is 7.23. The summed E-state index contributed by atoms with van der Waals surface area (Å²) in [6, 6.07) is 3.77. The number of ether oxygens (including phenoxy) is 3. The van der Waals surface area contributed by atoms with Crippen LogP contribution in [-0.2, 0) is 4.74 Å². The molecule has 15 heteroatoms. The monoisotopic (exact) mass is 702 g/mol. The van der Waals surface area contributed by atoms with Gasteiger partial charge >= 0.3 is 6.01 Å². The van der Waals surface area contributed by atoms with Crippen molar-refractivity contribution in [3.05, 3.63) is 34.4 Å². The smallest absolute Gasteiger partial charge is 0.319 e. The lowest BCUT2D eigenvalue weighted by atomic mass is 9.92. The molecule has 48 heavy (non-hydrogen) atoms. The molecular weight excluding hydrogens is 672 g/mol. The van der Waals surface area contributed by atoms with Crippen molar-refractivity contribution in [1.29, 1.82) is 5.26 Å². The first kappa shape index (κ1) is 31.6. The summed E-state index contributed by atoms with van der Waals surface area (Å²) in [7, 11) is 0. The fraction of sp³-hybridized carbons (Fsp3) is 0.485. The van der Waals surface area contributed by atoms with E-state index in [1.165, 1.54) is 11.0 Å². The van der Waals surface area contributed by atoms with E-state index in [0.29, 0.717) is 5.92 Å². The van der Waals surface area contributed by atoms with Gasteiger partial charge in [0, 0.05) is 23.4 Å². The van der Waals surface area contributed by atoms with E-state index in [1.54, 1.807) is 0 Å². The van der Waals surface area contributed by atoms with Crippen LogP contribution < -0.4 is 20.1 Å². The van der Waals surface area contributed by atoms with E-state index in [4.69, 9.17) is 31.5 Å². The number of anilines is 2. The van der Waals surface area contributed by atoms with Crippen molar-refractivity contribution in [2.24, 2.45) is 11.8 Å². The summed E-state index contributed by atoms with van der Waals surface area (Å²) in [4.78, 5) is 13.0. The summed E-state index contributed by atoms with van der Waals surface area (Å²) < 4.78 is 79.0. The normalized spacial score (nSPS) is 25.3. The summed E-state index contributed by atoms with van der Waals surface area (Å²) in [6.45, 7) is 4.05. The van der Waals surface area contributed by atoms with E-state index >= 15 is 8.78 Å². The van der Waals surface area contributed by atoms with Gasteiger partial charge in [0.15, 0.2) is 11.6 Å². The fourth-order valence-electron chi connectivity index (χ4n) is 8.22. The van der Waals surface area contributed by atoms with Gasteiger partial charge in [0.2, 0.25) is 0 Å². The Morgan fingerprint density at radius 3 is 2.85 bits per heavy atom. The second-order valence-corrected chi connectivity index (χ2v) is 14.7. The zero-order chi connectivity index (χ0) is 33.5. The largest absolute Gasteiger partial charge is 0.491 e. The lowest BCUT2D eigenvalue weighted by Gasteiger charge is -2.36. The number of alkyl halides is 2. The molecule has 0 radical (unpaired) electrons. The Balaban J connectivity index is 1.37. The van der Waals surface area contributed by atoms with Crippen molar-refractivity contribution >= 4 is 54.7 Å². The summed E-state index contributed by atoms with van der Waals surface area (Å²) in [6.07, 6.45) is 0.111. The van der Waals surface area contributed by atoms with E-state index < -0.39 is 30.6 Å². The van der Waals surface area contributed by atoms with Crippen LogP contribution in [0.2, 0.25) is 5.02 Å². The van der Waals surface area contributed by atoms with Crippen molar-refractivity contribution in [1.82, 2.24) is 14.9 Å². The van der Waals surface area contributed by atoms with Crippen LogP contribution in [0, 0.1) is 34.8 Å². The summed E-state index contributed by atoms with van der Waals surface area (Å²) >= 11 is 7.87. The molecule has 0 bridgehead atoms. The first-order chi connectivity index (χ1) is 23.1. The zero-order valence-corrected chi connectivity index (χ0v) is 27.4. The molecule has 0 aliphatic carbocycles. The van der Waals surface area contributed by atoms with Crippen molar-refractivity contribution in [2.75, 3.05) is 56.7 Å². The Bertz CT molecular complexity index is 2010. The first-order valence-electron chi connectivity index (χ1n) is 15.9. The molecule has 3 fully saturated rings. The molecule has 3 saturated heterocycles. The van der Waals surface area contributed by atoms with Crippen LogP contribution in [0.1, 0.15) is 31.7 Å². The number of nitriles is 1. The van der Waals surface area contributed by atoms with Crippen molar-refractivity contribution in [3.8, 4) is 29.0 Å². The minimum absolute atomic E-state index is 0.000151. The average molecular weight is 703 g/mol. The Labute approximate surface area is 282 Å². The number of halogens is 5. The van der Waals surface area contributed by atoms with Gasteiger partial charge in [-0.1, -0.05) is 24.6 Å². The summed E-state index contributed by atoms with van der Waals surface area (Å²) in [5.41, 5.74) is 5.49. The molecule has 4 aliphatic heterocycles. The first-order valence-corrected chi connectivity index (χ1v) is 17.1. The number of benzene rings is 2. The van der Waals surface area contributed by atoms with Crippen LogP contribution in [0.15, 0.2) is 12.1 Å². The highest BCUT2D eigenvalue weighted by Gasteiger charge is 2.48. The van der Waals surface area contributed by atoms with Gasteiger partial charge in [-0.15, -0.1) is 11.3 Å². The van der Waals surface area contributed by atoms with Crippen LogP contribution in [0.4, 0.5) is 28.4 Å². The van der Waals surface area contributed by atoms with Crippen LogP contribution >= 0.6 is 22.9 Å². The zero-order valence-electron chi connectivity index (χ0n) is 25.9. The molecule has 252 valence electrons. The fourth-order valence-corrected chi connectivity index (χ4v) is 9.50. The van der Waals surface area contributed by atoms with E-state index in [9.17, 15) is 14.0 Å². The van der Waals surface area contributed by atoms with Crippen LogP contribution in [0.25, 0.3) is 32.1 Å². The minimum atomic E-state index is -2.75. The van der Waals surface area contributed by atoms with Gasteiger partial charge in [0.1, 0.15) is 34.8 Å². The summed E-state index contributed by atoms with van der Waals surface area (Å²) in [5, 5.41) is 9.91. The molecule has 8 rings (SSSR count). The number of nitrogens with two attached hydrogens (primary N) is 1. The molecule has 0 saturated carbocycles. The number of rotatable bonds is 6. The van der Waals surface area contributed by atoms with Gasteiger partial charge in [-0.05, 0) is 43.4 Å². The van der Waals surface area contributed by atoms with Gasteiger partial charge < -0.3 is 24.8 Å². The number of thiophene rings is 1. The lowest BCUT2D eigenvalue weighted by molar-refractivity contribution is 0.107. The van der Waals surface area contributed by atoms with E-state index in [-0.39, 0.29) is 103 Å². The molecule has 4 aromatic rings. The Kier molecular flexibility index (Phi) is 7.74. The Morgan fingerprint density at radius 1 is 1.23 bits per heavy atom. The number of aromatic nitrogens is 2. The molecule has 4 aliphatic rings. The lowest BCUT2D eigenvalue weighted by Crippen LogP contribution is -2.46. The van der Waals surface area contributed by atoms with Gasteiger partial charge in [-0.25, -0.2) is 17.6 Å². The molecule has 2 unspecified atom stereocenters. The van der Waals surface area contributed by atoms with Crippen molar-refractivity contribution < 1.29 is 31.8 Å². The summed E-state index contributed by atoms with van der Waals surface area (Å²) in [5.74, 6) is -1.43. The Hall–Kier alpha value is -3.64. The number of fused-ring (bicyclic) bond motifs is 3. The minimum Gasteiger partial charge on any atom is -0.491 e. The molecular formula is C33H31ClF4N6O3S. The van der Waals surface area contributed by atoms with E-state index in [2.05, 4.69) is 21.8 Å². The molecule has 0 spiro atoms. The van der Waals surface area contributed by atoms with Crippen LogP contribution in [0.3, 0.4) is 0 Å². The topological polar surface area (TPSA) is 110 Å². The molecule has 4 atom stereocenters. The number of nitrogens with zero attached hydrogens (tertiary/aromatic N) is 5. The molecule has 6 heterocycles. The maximum Gasteiger partial charge on any atom is 0.319 e.